The van der Waals surface area contributed by atoms with Crippen molar-refractivity contribution in [1.82, 2.24) is 9.88 Å². The highest BCUT2D eigenvalue weighted by Gasteiger charge is 2.39. The van der Waals surface area contributed by atoms with E-state index in [9.17, 15) is 14.4 Å². The van der Waals surface area contributed by atoms with Gasteiger partial charge in [-0.15, -0.1) is 11.3 Å². The Kier molecular flexibility index (Phi) is 7.93. The first-order valence-corrected chi connectivity index (χ1v) is 13.7. The Morgan fingerprint density at radius 1 is 0.975 bits per heavy atom. The van der Waals surface area contributed by atoms with Crippen LogP contribution in [0.2, 0.25) is 10.0 Å². The van der Waals surface area contributed by atoms with Crippen LogP contribution in [0.1, 0.15) is 22.6 Å². The summed E-state index contributed by atoms with van der Waals surface area (Å²) in [6.45, 7) is 0.239. The molecule has 0 saturated heterocycles. The van der Waals surface area contributed by atoms with E-state index in [1.807, 2.05) is 30.3 Å². The van der Waals surface area contributed by atoms with Gasteiger partial charge in [-0.1, -0.05) is 77.8 Å². The van der Waals surface area contributed by atoms with Gasteiger partial charge in [0.05, 0.1) is 28.7 Å². The fraction of sp³-hybridized carbons (Fsp3) is 0.100. The average molecular weight is 593 g/mol. The van der Waals surface area contributed by atoms with Crippen LogP contribution >= 0.6 is 34.5 Å². The molecule has 1 amide bonds. The van der Waals surface area contributed by atoms with E-state index in [0.29, 0.717) is 24.8 Å². The number of thiazole rings is 1. The zero-order valence-electron chi connectivity index (χ0n) is 21.2. The summed E-state index contributed by atoms with van der Waals surface area (Å²) in [5.74, 6) is -2.22. The van der Waals surface area contributed by atoms with E-state index in [0.717, 1.165) is 22.5 Å². The van der Waals surface area contributed by atoms with E-state index in [1.165, 1.54) is 11.7 Å². The number of halogens is 2. The summed E-state index contributed by atoms with van der Waals surface area (Å²) in [5, 5.41) is 3.99. The lowest BCUT2D eigenvalue weighted by atomic mass is 9.82. The molecule has 0 saturated carbocycles. The third-order valence-electron chi connectivity index (χ3n) is 6.47. The van der Waals surface area contributed by atoms with Crippen molar-refractivity contribution in [3.05, 3.63) is 131 Å². The fourth-order valence-electron chi connectivity index (χ4n) is 4.55. The summed E-state index contributed by atoms with van der Waals surface area (Å²) < 4.78 is 6.94. The Labute approximate surface area is 243 Å². The second-order valence-corrected chi connectivity index (χ2v) is 10.9. The van der Waals surface area contributed by atoms with Gasteiger partial charge in [-0.25, -0.2) is 4.79 Å². The number of nitrogens with zero attached hydrogens (tertiary/aromatic N) is 1. The Morgan fingerprint density at radius 2 is 1.60 bits per heavy atom. The topological polar surface area (TPSA) is 103 Å². The number of rotatable bonds is 6. The van der Waals surface area contributed by atoms with Crippen molar-refractivity contribution in [2.24, 2.45) is 5.73 Å². The molecule has 0 spiro atoms. The van der Waals surface area contributed by atoms with Crippen molar-refractivity contribution in [2.45, 2.75) is 12.5 Å². The Morgan fingerprint density at radius 3 is 2.23 bits per heavy atom. The lowest BCUT2D eigenvalue weighted by Crippen LogP contribution is -2.43. The minimum Gasteiger partial charge on any atom is -0.466 e. The number of nitrogens with two attached hydrogens (primary N) is 1. The van der Waals surface area contributed by atoms with E-state index in [2.05, 4.69) is 5.32 Å². The van der Waals surface area contributed by atoms with E-state index in [4.69, 9.17) is 33.7 Å². The van der Waals surface area contributed by atoms with Crippen molar-refractivity contribution in [2.75, 3.05) is 7.11 Å². The molecular formula is C30H23Cl2N3O4S. The molecule has 4 aromatic rings. The van der Waals surface area contributed by atoms with Crippen LogP contribution in [0.25, 0.3) is 17.5 Å². The van der Waals surface area contributed by atoms with Gasteiger partial charge >= 0.3 is 5.97 Å². The van der Waals surface area contributed by atoms with Crippen molar-refractivity contribution in [3.63, 3.8) is 0 Å². The molecule has 5 rings (SSSR count). The molecule has 1 aromatic heterocycles. The Bertz CT molecular complexity index is 1810. The Balaban J connectivity index is 1.78. The number of methoxy groups -OCH3 is 1. The van der Waals surface area contributed by atoms with Crippen molar-refractivity contribution < 1.29 is 14.3 Å². The summed E-state index contributed by atoms with van der Waals surface area (Å²) in [6, 6.07) is 23.2. The Hall–Kier alpha value is -4.11. The number of fused-ring (bicyclic) bond motifs is 1. The quantitative estimate of drug-likeness (QED) is 0.333. The summed E-state index contributed by atoms with van der Waals surface area (Å²) in [5.41, 5.74) is 8.47. The molecule has 40 heavy (non-hydrogen) atoms. The maximum absolute atomic E-state index is 13.9. The summed E-state index contributed by atoms with van der Waals surface area (Å²) in [7, 11) is 1.22. The lowest BCUT2D eigenvalue weighted by molar-refractivity contribution is -0.136. The predicted octanol–water partition coefficient (Wildman–Crippen LogP) is 3.61. The van der Waals surface area contributed by atoms with Gasteiger partial charge < -0.3 is 15.8 Å². The molecule has 3 N–H and O–H groups in total. The third kappa shape index (κ3) is 5.34. The first-order valence-electron chi connectivity index (χ1n) is 12.2. The average Bonchev–Trinajstić information content (AvgIpc) is 3.29. The first kappa shape index (κ1) is 27.5. The number of carbonyl (C=O) groups excluding carboxylic acids is 2. The molecule has 1 aliphatic rings. The SMILES string of the molecule is COC(=O)C1=C(N)n2c(s/c(=C/c3ccc(Cl)cc3)c2=O)=C(C(=O)NCc2ccccc2)C1c1ccc(Cl)cc1. The molecule has 0 aliphatic carbocycles. The van der Waals surface area contributed by atoms with Gasteiger partial charge in [0.2, 0.25) is 0 Å². The van der Waals surface area contributed by atoms with E-state index < -0.39 is 23.4 Å². The molecule has 7 nitrogen and oxygen atoms in total. The fourth-order valence-corrected chi connectivity index (χ4v) is 5.98. The number of amides is 1. The number of carbonyl (C=O) groups is 2. The highest BCUT2D eigenvalue weighted by atomic mass is 35.5. The smallest absolute Gasteiger partial charge is 0.338 e. The second-order valence-electron chi connectivity index (χ2n) is 8.96. The number of esters is 1. The van der Waals surface area contributed by atoms with Crippen molar-refractivity contribution in [1.29, 1.82) is 0 Å². The zero-order valence-corrected chi connectivity index (χ0v) is 23.5. The normalized spacial score (nSPS) is 15.1. The lowest BCUT2D eigenvalue weighted by Gasteiger charge is -2.27. The number of benzene rings is 3. The van der Waals surface area contributed by atoms with Crippen LogP contribution in [0, 0.1) is 0 Å². The number of hydrogen-bond donors (Lipinski definition) is 2. The maximum atomic E-state index is 13.9. The van der Waals surface area contributed by atoms with Crippen LogP contribution in [-0.2, 0) is 20.9 Å². The third-order valence-corrected chi connectivity index (χ3v) is 8.08. The minimum absolute atomic E-state index is 0.0138. The van der Waals surface area contributed by atoms with E-state index in [-0.39, 0.29) is 23.5 Å². The molecule has 1 aliphatic heterocycles. The number of ether oxygens (including phenoxy) is 1. The van der Waals surface area contributed by atoms with Crippen LogP contribution in [0.15, 0.2) is 89.2 Å². The molecule has 3 aromatic carbocycles. The molecule has 0 fully saturated rings. The van der Waals surface area contributed by atoms with E-state index >= 15 is 0 Å². The number of hydrogen-bond acceptors (Lipinski definition) is 6. The van der Waals surface area contributed by atoms with Gasteiger partial charge in [0.15, 0.2) is 0 Å². The van der Waals surface area contributed by atoms with Crippen LogP contribution in [0.3, 0.4) is 0 Å². The largest absolute Gasteiger partial charge is 0.466 e. The van der Waals surface area contributed by atoms with Crippen LogP contribution < -0.4 is 25.8 Å². The molecule has 1 unspecified atom stereocenters. The molecule has 2 heterocycles. The number of nitrogens with one attached hydrogen (secondary N) is 1. The van der Waals surface area contributed by atoms with Gasteiger partial charge in [-0.05, 0) is 47.0 Å². The van der Waals surface area contributed by atoms with Crippen molar-refractivity contribution in [3.8, 4) is 0 Å². The predicted molar refractivity (Wildman–Crippen MR) is 158 cm³/mol. The zero-order chi connectivity index (χ0) is 28.4. The van der Waals surface area contributed by atoms with Gasteiger partial charge in [-0.2, -0.15) is 0 Å². The second kappa shape index (κ2) is 11.6. The maximum Gasteiger partial charge on any atom is 0.338 e. The molecule has 0 bridgehead atoms. The highest BCUT2D eigenvalue weighted by molar-refractivity contribution is 7.07. The molecular weight excluding hydrogens is 569 g/mol. The van der Waals surface area contributed by atoms with Crippen LogP contribution in [-0.4, -0.2) is 23.6 Å². The molecule has 10 heteroatoms. The minimum atomic E-state index is -0.915. The van der Waals surface area contributed by atoms with Gasteiger partial charge in [0.1, 0.15) is 10.5 Å². The number of aromatic nitrogens is 1. The van der Waals surface area contributed by atoms with Gasteiger partial charge in [0, 0.05) is 16.6 Å². The van der Waals surface area contributed by atoms with Gasteiger partial charge in [-0.3, -0.25) is 14.2 Å². The van der Waals surface area contributed by atoms with E-state index in [1.54, 1.807) is 54.6 Å². The first-order chi connectivity index (χ1) is 19.3. The highest BCUT2D eigenvalue weighted by Crippen LogP contribution is 2.37. The molecule has 202 valence electrons. The monoisotopic (exact) mass is 591 g/mol. The molecule has 0 radical (unpaired) electrons. The van der Waals surface area contributed by atoms with Crippen LogP contribution in [0.5, 0.6) is 0 Å². The summed E-state index contributed by atoms with van der Waals surface area (Å²) >= 11 is 13.3. The molecule has 1 atom stereocenters. The van der Waals surface area contributed by atoms with Gasteiger partial charge in [0.25, 0.3) is 11.5 Å². The summed E-state index contributed by atoms with van der Waals surface area (Å²) in [4.78, 5) is 40.8. The summed E-state index contributed by atoms with van der Waals surface area (Å²) in [6.07, 6.45) is 1.69. The van der Waals surface area contributed by atoms with Crippen LogP contribution in [0.4, 0.5) is 0 Å². The standard InChI is InChI=1S/C30H23Cl2N3O4S/c1-39-30(38)24-23(19-9-13-21(32)14-10-19)25(27(36)34-16-18-5-3-2-4-6-18)29-35(26(24)33)28(37)22(40-29)15-17-7-11-20(31)12-8-17/h2-15,23H,16,33H2,1H3,(H,34,36)/b22-15+. The van der Waals surface area contributed by atoms with Crippen molar-refractivity contribution >= 4 is 63.9 Å².